The molecule has 0 bridgehead atoms. The summed E-state index contributed by atoms with van der Waals surface area (Å²) in [6.45, 7) is 4.10. The van der Waals surface area contributed by atoms with Crippen molar-refractivity contribution < 1.29 is 9.13 Å². The minimum absolute atomic E-state index is 0.0457. The van der Waals surface area contributed by atoms with Gasteiger partial charge in [-0.15, -0.1) is 0 Å². The lowest BCUT2D eigenvalue weighted by Gasteiger charge is -2.03. The van der Waals surface area contributed by atoms with Crippen LogP contribution in [-0.2, 0) is 6.42 Å². The van der Waals surface area contributed by atoms with Gasteiger partial charge in [-0.1, -0.05) is 6.92 Å². The van der Waals surface area contributed by atoms with Gasteiger partial charge < -0.3 is 4.74 Å². The van der Waals surface area contributed by atoms with Crippen LogP contribution in [0.15, 0.2) is 6.20 Å². The van der Waals surface area contributed by atoms with Crippen molar-refractivity contribution in [2.45, 2.75) is 20.3 Å². The summed E-state index contributed by atoms with van der Waals surface area (Å²) in [5, 5.41) is 0. The molecule has 0 aliphatic carbocycles. The molecule has 1 rings (SSSR count). The lowest BCUT2D eigenvalue weighted by atomic mass is 10.4. The van der Waals surface area contributed by atoms with Crippen molar-refractivity contribution in [2.24, 2.45) is 0 Å². The van der Waals surface area contributed by atoms with Crippen molar-refractivity contribution in [3.05, 3.63) is 17.8 Å². The molecular formula is C8H11FN2O. The average molecular weight is 170 g/mol. The van der Waals surface area contributed by atoms with Crippen LogP contribution in [-0.4, -0.2) is 16.6 Å². The molecule has 0 amide bonds. The summed E-state index contributed by atoms with van der Waals surface area (Å²) in [5.74, 6) is 0.137. The molecule has 0 saturated carbocycles. The zero-order valence-electron chi connectivity index (χ0n) is 7.17. The van der Waals surface area contributed by atoms with E-state index < -0.39 is 5.82 Å². The second-order valence-corrected chi connectivity index (χ2v) is 2.23. The van der Waals surface area contributed by atoms with E-state index in [9.17, 15) is 4.39 Å². The fourth-order valence-corrected chi connectivity index (χ4v) is 0.794. The molecule has 0 spiro atoms. The minimum atomic E-state index is -0.506. The van der Waals surface area contributed by atoms with Gasteiger partial charge in [0.05, 0.1) is 12.8 Å². The van der Waals surface area contributed by atoms with Crippen molar-refractivity contribution in [1.82, 2.24) is 9.97 Å². The zero-order valence-corrected chi connectivity index (χ0v) is 7.17. The van der Waals surface area contributed by atoms with E-state index in [1.807, 2.05) is 6.92 Å². The van der Waals surface area contributed by atoms with Gasteiger partial charge in [0, 0.05) is 6.42 Å². The van der Waals surface area contributed by atoms with Gasteiger partial charge in [-0.05, 0) is 6.92 Å². The number of hydrogen-bond acceptors (Lipinski definition) is 3. The van der Waals surface area contributed by atoms with E-state index in [-0.39, 0.29) is 5.88 Å². The smallest absolute Gasteiger partial charge is 0.253 e. The quantitative estimate of drug-likeness (QED) is 0.690. The first-order valence-corrected chi connectivity index (χ1v) is 3.92. The Bertz CT molecular complexity index is 265. The van der Waals surface area contributed by atoms with E-state index in [0.29, 0.717) is 18.9 Å². The highest BCUT2D eigenvalue weighted by Gasteiger charge is 2.05. The highest BCUT2D eigenvalue weighted by Crippen LogP contribution is 2.11. The van der Waals surface area contributed by atoms with Crippen LogP contribution in [0.3, 0.4) is 0 Å². The third kappa shape index (κ3) is 1.90. The number of halogens is 1. The topological polar surface area (TPSA) is 35.0 Å². The summed E-state index contributed by atoms with van der Waals surface area (Å²) >= 11 is 0. The van der Waals surface area contributed by atoms with E-state index >= 15 is 0 Å². The summed E-state index contributed by atoms with van der Waals surface area (Å²) < 4.78 is 17.8. The predicted molar refractivity (Wildman–Crippen MR) is 42.5 cm³/mol. The first kappa shape index (κ1) is 8.90. The van der Waals surface area contributed by atoms with Gasteiger partial charge in [-0.3, -0.25) is 0 Å². The van der Waals surface area contributed by atoms with Crippen LogP contribution in [0.4, 0.5) is 4.39 Å². The standard InChI is InChI=1S/C8H11FN2O/c1-3-7-10-5-6(9)8(11-7)12-4-2/h5H,3-4H2,1-2H3. The van der Waals surface area contributed by atoms with Crippen LogP contribution >= 0.6 is 0 Å². The van der Waals surface area contributed by atoms with Gasteiger partial charge in [0.2, 0.25) is 5.82 Å². The molecule has 0 unspecified atom stereocenters. The molecule has 66 valence electrons. The maximum absolute atomic E-state index is 12.8. The van der Waals surface area contributed by atoms with E-state index in [4.69, 9.17) is 4.74 Å². The molecule has 0 N–H and O–H groups in total. The fraction of sp³-hybridized carbons (Fsp3) is 0.500. The van der Waals surface area contributed by atoms with Crippen molar-refractivity contribution in [1.29, 1.82) is 0 Å². The van der Waals surface area contributed by atoms with Crippen LogP contribution < -0.4 is 4.74 Å². The number of ether oxygens (including phenoxy) is 1. The molecule has 0 fully saturated rings. The lowest BCUT2D eigenvalue weighted by Crippen LogP contribution is -2.01. The number of hydrogen-bond donors (Lipinski definition) is 0. The summed E-state index contributed by atoms with van der Waals surface area (Å²) in [7, 11) is 0. The van der Waals surface area contributed by atoms with Gasteiger partial charge in [0.1, 0.15) is 5.82 Å². The Balaban J connectivity index is 2.91. The van der Waals surface area contributed by atoms with Crippen LogP contribution in [0.5, 0.6) is 5.88 Å². The Morgan fingerprint density at radius 1 is 1.50 bits per heavy atom. The van der Waals surface area contributed by atoms with E-state index in [0.717, 1.165) is 6.20 Å². The molecule has 1 aromatic heterocycles. The summed E-state index contributed by atoms with van der Waals surface area (Å²) in [5.41, 5.74) is 0. The Hall–Kier alpha value is -1.19. The first-order chi connectivity index (χ1) is 5.77. The SMILES string of the molecule is CCOc1nc(CC)ncc1F. The molecule has 0 aliphatic heterocycles. The molecule has 3 nitrogen and oxygen atoms in total. The highest BCUT2D eigenvalue weighted by molar-refractivity contribution is 5.11. The van der Waals surface area contributed by atoms with Crippen LogP contribution in [0.2, 0.25) is 0 Å². The summed E-state index contributed by atoms with van der Waals surface area (Å²) in [4.78, 5) is 7.65. The fourth-order valence-electron chi connectivity index (χ4n) is 0.794. The number of rotatable bonds is 3. The molecule has 1 heterocycles. The van der Waals surface area contributed by atoms with Crippen molar-refractivity contribution in [3.63, 3.8) is 0 Å². The molecular weight excluding hydrogens is 159 g/mol. The third-order valence-electron chi connectivity index (χ3n) is 1.36. The van der Waals surface area contributed by atoms with Gasteiger partial charge in [-0.2, -0.15) is 9.37 Å². The number of nitrogens with zero attached hydrogens (tertiary/aromatic N) is 2. The average Bonchev–Trinajstić information content (AvgIpc) is 2.09. The van der Waals surface area contributed by atoms with Crippen LogP contribution in [0.1, 0.15) is 19.7 Å². The van der Waals surface area contributed by atoms with E-state index in [1.54, 1.807) is 6.92 Å². The minimum Gasteiger partial charge on any atom is -0.476 e. The summed E-state index contributed by atoms with van der Waals surface area (Å²) in [6, 6.07) is 0. The Morgan fingerprint density at radius 3 is 2.83 bits per heavy atom. The van der Waals surface area contributed by atoms with Gasteiger partial charge in [0.15, 0.2) is 0 Å². The Labute approximate surface area is 70.6 Å². The normalized spacial score (nSPS) is 9.92. The largest absolute Gasteiger partial charge is 0.476 e. The second-order valence-electron chi connectivity index (χ2n) is 2.23. The maximum Gasteiger partial charge on any atom is 0.253 e. The molecule has 0 atom stereocenters. The van der Waals surface area contributed by atoms with Crippen LogP contribution in [0, 0.1) is 5.82 Å². The van der Waals surface area contributed by atoms with Gasteiger partial charge in [0.25, 0.3) is 5.88 Å². The number of aromatic nitrogens is 2. The monoisotopic (exact) mass is 170 g/mol. The maximum atomic E-state index is 12.8. The summed E-state index contributed by atoms with van der Waals surface area (Å²) in [6.07, 6.45) is 1.82. The molecule has 0 aliphatic rings. The lowest BCUT2D eigenvalue weighted by molar-refractivity contribution is 0.304. The molecule has 0 radical (unpaired) electrons. The van der Waals surface area contributed by atoms with Crippen molar-refractivity contribution >= 4 is 0 Å². The molecule has 0 aromatic carbocycles. The Kier molecular flexibility index (Phi) is 2.96. The highest BCUT2D eigenvalue weighted by atomic mass is 19.1. The van der Waals surface area contributed by atoms with Gasteiger partial charge in [-0.25, -0.2) is 4.98 Å². The van der Waals surface area contributed by atoms with Gasteiger partial charge >= 0.3 is 0 Å². The Morgan fingerprint density at radius 2 is 2.25 bits per heavy atom. The van der Waals surface area contributed by atoms with E-state index in [2.05, 4.69) is 9.97 Å². The van der Waals surface area contributed by atoms with E-state index in [1.165, 1.54) is 0 Å². The van der Waals surface area contributed by atoms with Crippen molar-refractivity contribution in [2.75, 3.05) is 6.61 Å². The van der Waals surface area contributed by atoms with Crippen molar-refractivity contribution in [3.8, 4) is 5.88 Å². The zero-order chi connectivity index (χ0) is 8.97. The molecule has 0 saturated heterocycles. The first-order valence-electron chi connectivity index (χ1n) is 3.92. The van der Waals surface area contributed by atoms with Crippen LogP contribution in [0.25, 0.3) is 0 Å². The molecule has 12 heavy (non-hydrogen) atoms. The second kappa shape index (κ2) is 3.99. The third-order valence-corrected chi connectivity index (χ3v) is 1.36. The number of aryl methyl sites for hydroxylation is 1. The molecule has 1 aromatic rings. The molecule has 4 heteroatoms. The predicted octanol–water partition coefficient (Wildman–Crippen LogP) is 1.58.